The van der Waals surface area contributed by atoms with Crippen molar-refractivity contribution in [2.75, 3.05) is 25.1 Å². The molecule has 0 saturated carbocycles. The van der Waals surface area contributed by atoms with E-state index in [9.17, 15) is 4.79 Å². The standard InChI is InChI=1S/C15H21ClN2O2S/c1-10(2)21-15-12(16)4-3-5-13(15)18-14(19)8-11-9-20-7-6-17-11/h3-5,10-11,17H,6-9H2,1-2H3,(H,18,19). The van der Waals surface area contributed by atoms with Crippen LogP contribution < -0.4 is 10.6 Å². The van der Waals surface area contributed by atoms with Crippen molar-refractivity contribution in [2.45, 2.75) is 36.5 Å². The van der Waals surface area contributed by atoms with E-state index in [-0.39, 0.29) is 11.9 Å². The van der Waals surface area contributed by atoms with Crippen LogP contribution in [-0.2, 0) is 9.53 Å². The maximum Gasteiger partial charge on any atom is 0.226 e. The smallest absolute Gasteiger partial charge is 0.226 e. The van der Waals surface area contributed by atoms with Gasteiger partial charge in [0.05, 0.1) is 23.9 Å². The molecule has 116 valence electrons. The Hall–Kier alpha value is -0.750. The van der Waals surface area contributed by atoms with Gasteiger partial charge in [0.25, 0.3) is 0 Å². The van der Waals surface area contributed by atoms with Crippen molar-refractivity contribution >= 4 is 35.0 Å². The van der Waals surface area contributed by atoms with Crippen molar-refractivity contribution in [1.82, 2.24) is 5.32 Å². The summed E-state index contributed by atoms with van der Waals surface area (Å²) in [5, 5.41) is 7.31. The summed E-state index contributed by atoms with van der Waals surface area (Å²) in [5.74, 6) is -0.0223. The van der Waals surface area contributed by atoms with E-state index in [1.165, 1.54) is 0 Å². The number of morpholine rings is 1. The second-order valence-electron chi connectivity index (χ2n) is 5.26. The zero-order valence-corrected chi connectivity index (χ0v) is 13.9. The van der Waals surface area contributed by atoms with Crippen LogP contribution in [-0.4, -0.2) is 37.0 Å². The van der Waals surface area contributed by atoms with E-state index in [1.807, 2.05) is 18.2 Å². The molecule has 1 aliphatic heterocycles. The molecule has 21 heavy (non-hydrogen) atoms. The van der Waals surface area contributed by atoms with Gasteiger partial charge in [0.2, 0.25) is 5.91 Å². The van der Waals surface area contributed by atoms with Crippen LogP contribution in [0, 0.1) is 0 Å². The monoisotopic (exact) mass is 328 g/mol. The minimum absolute atomic E-state index is 0.0223. The summed E-state index contributed by atoms with van der Waals surface area (Å²) < 4.78 is 5.36. The summed E-state index contributed by atoms with van der Waals surface area (Å²) in [6.45, 7) is 6.29. The largest absolute Gasteiger partial charge is 0.378 e. The summed E-state index contributed by atoms with van der Waals surface area (Å²) in [6.07, 6.45) is 0.401. The molecule has 1 unspecified atom stereocenters. The number of rotatable bonds is 5. The average Bonchev–Trinajstić information content (AvgIpc) is 2.43. The molecule has 1 fully saturated rings. The number of ether oxygens (including phenoxy) is 1. The second kappa shape index (κ2) is 8.03. The van der Waals surface area contributed by atoms with Gasteiger partial charge in [-0.1, -0.05) is 31.5 Å². The van der Waals surface area contributed by atoms with Crippen LogP contribution in [0.1, 0.15) is 20.3 Å². The molecule has 4 nitrogen and oxygen atoms in total. The molecule has 1 saturated heterocycles. The van der Waals surface area contributed by atoms with Crippen molar-refractivity contribution in [3.63, 3.8) is 0 Å². The van der Waals surface area contributed by atoms with Crippen molar-refractivity contribution in [1.29, 1.82) is 0 Å². The Balaban J connectivity index is 2.01. The van der Waals surface area contributed by atoms with Crippen LogP contribution in [0.2, 0.25) is 5.02 Å². The molecule has 2 N–H and O–H groups in total. The molecule has 1 atom stereocenters. The van der Waals surface area contributed by atoms with E-state index in [1.54, 1.807) is 11.8 Å². The van der Waals surface area contributed by atoms with Gasteiger partial charge in [0.1, 0.15) is 0 Å². The number of carbonyl (C=O) groups excluding carboxylic acids is 1. The van der Waals surface area contributed by atoms with Crippen LogP contribution in [0.15, 0.2) is 23.1 Å². The van der Waals surface area contributed by atoms with E-state index >= 15 is 0 Å². The molecule has 1 heterocycles. The molecule has 1 aliphatic rings. The second-order valence-corrected chi connectivity index (χ2v) is 7.26. The number of anilines is 1. The zero-order chi connectivity index (χ0) is 15.2. The number of halogens is 1. The zero-order valence-electron chi connectivity index (χ0n) is 12.3. The van der Waals surface area contributed by atoms with Gasteiger partial charge in [-0.05, 0) is 12.1 Å². The number of benzene rings is 1. The molecule has 0 radical (unpaired) electrons. The molecule has 0 bridgehead atoms. The Morgan fingerprint density at radius 2 is 2.38 bits per heavy atom. The summed E-state index contributed by atoms with van der Waals surface area (Å²) in [7, 11) is 0. The molecular weight excluding hydrogens is 308 g/mol. The lowest BCUT2D eigenvalue weighted by molar-refractivity contribution is -0.117. The minimum Gasteiger partial charge on any atom is -0.378 e. The van der Waals surface area contributed by atoms with Crippen molar-refractivity contribution in [2.24, 2.45) is 0 Å². The molecule has 6 heteroatoms. The predicted octanol–water partition coefficient (Wildman–Crippen LogP) is 3.16. The highest BCUT2D eigenvalue weighted by atomic mass is 35.5. The lowest BCUT2D eigenvalue weighted by Gasteiger charge is -2.23. The Bertz CT molecular complexity index is 491. The normalized spacial score (nSPS) is 18.8. The van der Waals surface area contributed by atoms with Gasteiger partial charge in [-0.25, -0.2) is 0 Å². The molecule has 1 amide bonds. The van der Waals surface area contributed by atoms with Crippen LogP contribution in [0.4, 0.5) is 5.69 Å². The Morgan fingerprint density at radius 3 is 3.05 bits per heavy atom. The summed E-state index contributed by atoms with van der Waals surface area (Å²) in [4.78, 5) is 13.1. The van der Waals surface area contributed by atoms with Gasteiger partial charge >= 0.3 is 0 Å². The van der Waals surface area contributed by atoms with Gasteiger partial charge in [-0.15, -0.1) is 11.8 Å². The maximum absolute atomic E-state index is 12.2. The number of hydrogen-bond donors (Lipinski definition) is 2. The first-order valence-corrected chi connectivity index (χ1v) is 8.38. The molecule has 1 aromatic rings. The average molecular weight is 329 g/mol. The fraction of sp³-hybridized carbons (Fsp3) is 0.533. The highest BCUT2D eigenvalue weighted by Crippen LogP contribution is 2.36. The predicted molar refractivity (Wildman–Crippen MR) is 88.3 cm³/mol. The number of amides is 1. The van der Waals surface area contributed by atoms with Crippen LogP contribution in [0.3, 0.4) is 0 Å². The maximum atomic E-state index is 12.2. The summed E-state index contributed by atoms with van der Waals surface area (Å²) >= 11 is 7.90. The summed E-state index contributed by atoms with van der Waals surface area (Å²) in [6, 6.07) is 5.67. The highest BCUT2D eigenvalue weighted by molar-refractivity contribution is 8.00. The van der Waals surface area contributed by atoms with E-state index in [2.05, 4.69) is 24.5 Å². The Morgan fingerprint density at radius 1 is 1.57 bits per heavy atom. The molecule has 0 aliphatic carbocycles. The first-order chi connectivity index (χ1) is 10.1. The number of carbonyl (C=O) groups is 1. The number of hydrogen-bond acceptors (Lipinski definition) is 4. The van der Waals surface area contributed by atoms with E-state index in [0.717, 1.165) is 17.1 Å². The molecular formula is C15H21ClN2O2S. The minimum atomic E-state index is -0.0223. The lowest BCUT2D eigenvalue weighted by Crippen LogP contribution is -2.43. The third kappa shape index (κ3) is 5.18. The third-order valence-corrected chi connectivity index (χ3v) is 4.60. The fourth-order valence-electron chi connectivity index (χ4n) is 2.14. The number of nitrogens with one attached hydrogen (secondary N) is 2. The van der Waals surface area contributed by atoms with Crippen LogP contribution >= 0.6 is 23.4 Å². The molecule has 1 aromatic carbocycles. The highest BCUT2D eigenvalue weighted by Gasteiger charge is 2.18. The Labute approximate surface area is 135 Å². The van der Waals surface area contributed by atoms with Crippen LogP contribution in [0.5, 0.6) is 0 Å². The SMILES string of the molecule is CC(C)Sc1c(Cl)cccc1NC(=O)CC1COCCN1. The van der Waals surface area contributed by atoms with Gasteiger partial charge < -0.3 is 15.4 Å². The van der Waals surface area contributed by atoms with E-state index in [0.29, 0.717) is 29.9 Å². The van der Waals surface area contributed by atoms with Gasteiger partial charge in [-0.3, -0.25) is 4.79 Å². The summed E-state index contributed by atoms with van der Waals surface area (Å²) in [5.41, 5.74) is 0.780. The first kappa shape index (κ1) is 16.6. The molecule has 0 aromatic heterocycles. The third-order valence-electron chi connectivity index (χ3n) is 3.02. The van der Waals surface area contributed by atoms with Crippen molar-refractivity contribution < 1.29 is 9.53 Å². The van der Waals surface area contributed by atoms with E-state index < -0.39 is 0 Å². The topological polar surface area (TPSA) is 50.4 Å². The van der Waals surface area contributed by atoms with Gasteiger partial charge in [0.15, 0.2) is 0 Å². The first-order valence-electron chi connectivity index (χ1n) is 7.12. The van der Waals surface area contributed by atoms with Gasteiger partial charge in [0, 0.05) is 29.2 Å². The van der Waals surface area contributed by atoms with Crippen molar-refractivity contribution in [3.8, 4) is 0 Å². The van der Waals surface area contributed by atoms with Gasteiger partial charge in [-0.2, -0.15) is 0 Å². The quantitative estimate of drug-likeness (QED) is 0.815. The lowest BCUT2D eigenvalue weighted by atomic mass is 10.2. The van der Waals surface area contributed by atoms with Crippen LogP contribution in [0.25, 0.3) is 0 Å². The fourth-order valence-corrected chi connectivity index (χ4v) is 3.34. The molecule has 0 spiro atoms. The molecule has 2 rings (SSSR count). The Kier molecular flexibility index (Phi) is 6.36. The van der Waals surface area contributed by atoms with E-state index in [4.69, 9.17) is 16.3 Å². The number of thioether (sulfide) groups is 1. The van der Waals surface area contributed by atoms with Crippen molar-refractivity contribution in [3.05, 3.63) is 23.2 Å².